The van der Waals surface area contributed by atoms with Gasteiger partial charge in [-0.3, -0.25) is 9.59 Å². The van der Waals surface area contributed by atoms with E-state index in [2.05, 4.69) is 0 Å². The molecule has 1 N–H and O–H groups in total. The molecule has 0 aliphatic heterocycles. The van der Waals surface area contributed by atoms with Crippen LogP contribution in [-0.2, 0) is 20.8 Å². The summed E-state index contributed by atoms with van der Waals surface area (Å²) in [5.41, 5.74) is 2.20. The lowest BCUT2D eigenvalue weighted by molar-refractivity contribution is -0.153. The van der Waals surface area contributed by atoms with Gasteiger partial charge in [0.2, 0.25) is 5.91 Å². The Morgan fingerprint density at radius 3 is 2.58 bits per heavy atom. The molecule has 5 nitrogen and oxygen atoms in total. The van der Waals surface area contributed by atoms with Crippen LogP contribution in [0, 0.1) is 5.92 Å². The number of carbonyl (C=O) groups excluding carboxylic acids is 2. The van der Waals surface area contributed by atoms with Crippen LogP contribution in [0.4, 0.5) is 0 Å². The summed E-state index contributed by atoms with van der Waals surface area (Å²) < 4.78 is 0. The molecule has 0 saturated carbocycles. The van der Waals surface area contributed by atoms with E-state index in [-0.39, 0.29) is 17.1 Å². The van der Waals surface area contributed by atoms with Crippen molar-refractivity contribution in [3.05, 3.63) is 35.4 Å². The van der Waals surface area contributed by atoms with E-state index in [0.29, 0.717) is 5.75 Å². The van der Waals surface area contributed by atoms with E-state index >= 15 is 0 Å². The first kappa shape index (κ1) is 18.5. The molecule has 1 aliphatic rings. The molecule has 1 aliphatic carbocycles. The van der Waals surface area contributed by atoms with Crippen molar-refractivity contribution in [3.63, 3.8) is 0 Å². The third kappa shape index (κ3) is 3.98. The van der Waals surface area contributed by atoms with E-state index in [9.17, 15) is 19.5 Å². The van der Waals surface area contributed by atoms with Crippen LogP contribution >= 0.6 is 11.8 Å². The lowest BCUT2D eigenvalue weighted by Crippen LogP contribution is -2.47. The number of thioether (sulfide) groups is 1. The van der Waals surface area contributed by atoms with Crippen molar-refractivity contribution in [1.82, 2.24) is 4.90 Å². The minimum absolute atomic E-state index is 0.0429. The van der Waals surface area contributed by atoms with Crippen LogP contribution in [0.5, 0.6) is 0 Å². The fourth-order valence-electron chi connectivity index (χ4n) is 3.13. The number of hydrogen-bond acceptors (Lipinski definition) is 4. The van der Waals surface area contributed by atoms with Crippen LogP contribution < -0.4 is 0 Å². The molecule has 0 fully saturated rings. The van der Waals surface area contributed by atoms with E-state index in [1.165, 1.54) is 17.4 Å². The van der Waals surface area contributed by atoms with Crippen molar-refractivity contribution < 1.29 is 19.5 Å². The smallest absolute Gasteiger partial charge is 0.326 e. The molecule has 6 heteroatoms. The van der Waals surface area contributed by atoms with Gasteiger partial charge in [-0.25, -0.2) is 4.79 Å². The van der Waals surface area contributed by atoms with Gasteiger partial charge in [-0.15, -0.1) is 0 Å². The Bertz CT molecular complexity index is 646. The monoisotopic (exact) mass is 349 g/mol. The quantitative estimate of drug-likeness (QED) is 0.855. The van der Waals surface area contributed by atoms with Gasteiger partial charge in [0.1, 0.15) is 6.04 Å². The molecule has 0 bridgehead atoms. The first-order valence-electron chi connectivity index (χ1n) is 8.09. The Balaban J connectivity index is 2.28. The normalized spacial score (nSPS) is 18.5. The molecule has 1 aromatic carbocycles. The molecular weight excluding hydrogens is 326 g/mol. The summed E-state index contributed by atoms with van der Waals surface area (Å²) in [6.07, 6.45) is 1.57. The van der Waals surface area contributed by atoms with E-state index in [1.807, 2.05) is 24.3 Å². The average molecular weight is 349 g/mol. The van der Waals surface area contributed by atoms with Gasteiger partial charge in [-0.1, -0.05) is 43.0 Å². The van der Waals surface area contributed by atoms with Crippen molar-refractivity contribution in [2.24, 2.45) is 5.92 Å². The van der Waals surface area contributed by atoms with Crippen LogP contribution in [0.3, 0.4) is 0 Å². The number of nitrogens with zero attached hydrogens (tertiary/aromatic N) is 1. The van der Waals surface area contributed by atoms with Crippen molar-refractivity contribution >= 4 is 28.8 Å². The molecule has 0 heterocycles. The van der Waals surface area contributed by atoms with Crippen LogP contribution in [0.25, 0.3) is 0 Å². The first-order chi connectivity index (χ1) is 11.3. The van der Waals surface area contributed by atoms with E-state index in [0.717, 1.165) is 30.2 Å². The maximum absolute atomic E-state index is 12.9. The van der Waals surface area contributed by atoms with Gasteiger partial charge in [0, 0.05) is 18.6 Å². The second-order valence-corrected chi connectivity index (χ2v) is 7.41. The van der Waals surface area contributed by atoms with Gasteiger partial charge < -0.3 is 10.0 Å². The number of fused-ring (bicyclic) bond motifs is 1. The highest BCUT2D eigenvalue weighted by Gasteiger charge is 2.38. The number of hydrogen-bond donors (Lipinski definition) is 1. The molecule has 0 radical (unpaired) electrons. The maximum Gasteiger partial charge on any atom is 0.326 e. The Hall–Kier alpha value is -1.82. The number of benzene rings is 1. The Labute approximate surface area is 146 Å². The predicted molar refractivity (Wildman–Crippen MR) is 93.8 cm³/mol. The molecule has 0 aromatic heterocycles. The Morgan fingerprint density at radius 1 is 1.29 bits per heavy atom. The number of aliphatic carboxylic acids is 1. The van der Waals surface area contributed by atoms with Gasteiger partial charge in [0.05, 0.1) is 6.04 Å². The molecule has 1 aromatic rings. The first-order valence-corrected chi connectivity index (χ1v) is 9.07. The van der Waals surface area contributed by atoms with Crippen LogP contribution in [0.2, 0.25) is 0 Å². The van der Waals surface area contributed by atoms with E-state index in [1.54, 1.807) is 13.8 Å². The molecule has 130 valence electrons. The fourth-order valence-corrected chi connectivity index (χ4v) is 3.75. The summed E-state index contributed by atoms with van der Waals surface area (Å²) in [6.45, 7) is 4.76. The SMILES string of the molecule is CC(=O)SCC(C)C(=O)N(C1CCc2ccccc21)[C@@H](C)C(=O)O. The van der Waals surface area contributed by atoms with Crippen molar-refractivity contribution in [3.8, 4) is 0 Å². The largest absolute Gasteiger partial charge is 0.480 e. The van der Waals surface area contributed by atoms with Crippen molar-refractivity contribution in [2.75, 3.05) is 5.75 Å². The summed E-state index contributed by atoms with van der Waals surface area (Å²) in [4.78, 5) is 37.1. The lowest BCUT2D eigenvalue weighted by Gasteiger charge is -2.35. The lowest BCUT2D eigenvalue weighted by atomic mass is 10.0. The van der Waals surface area contributed by atoms with Crippen LogP contribution in [0.1, 0.15) is 44.4 Å². The highest BCUT2D eigenvalue weighted by molar-refractivity contribution is 8.13. The minimum atomic E-state index is -1.01. The molecule has 0 saturated heterocycles. The molecule has 0 spiro atoms. The van der Waals surface area contributed by atoms with E-state index < -0.39 is 17.9 Å². The zero-order valence-corrected chi connectivity index (χ0v) is 15.0. The zero-order chi connectivity index (χ0) is 17.9. The van der Waals surface area contributed by atoms with Gasteiger partial charge >= 0.3 is 5.97 Å². The van der Waals surface area contributed by atoms with Crippen LogP contribution in [0.15, 0.2) is 24.3 Å². The molecular formula is C18H23NO4S. The van der Waals surface area contributed by atoms with Gasteiger partial charge in [-0.05, 0) is 30.9 Å². The summed E-state index contributed by atoms with van der Waals surface area (Å²) in [7, 11) is 0. The summed E-state index contributed by atoms with van der Waals surface area (Å²) >= 11 is 1.10. The minimum Gasteiger partial charge on any atom is -0.480 e. The Morgan fingerprint density at radius 2 is 1.96 bits per heavy atom. The second-order valence-electron chi connectivity index (χ2n) is 6.22. The summed E-state index contributed by atoms with van der Waals surface area (Å²) in [5, 5.41) is 9.41. The summed E-state index contributed by atoms with van der Waals surface area (Å²) in [5.74, 6) is -1.27. The van der Waals surface area contributed by atoms with Gasteiger partial charge in [-0.2, -0.15) is 0 Å². The standard InChI is InChI=1S/C18H23NO4S/c1-11(10-24-13(3)20)17(21)19(12(2)18(22)23)16-9-8-14-6-4-5-7-15(14)16/h4-7,11-12,16H,8-10H2,1-3H3,(H,22,23)/t11?,12-,16?/m0/s1. The maximum atomic E-state index is 12.9. The van der Waals surface area contributed by atoms with Gasteiger partial charge in [0.15, 0.2) is 5.12 Å². The van der Waals surface area contributed by atoms with Crippen LogP contribution in [-0.4, -0.2) is 38.8 Å². The molecule has 2 rings (SSSR count). The molecule has 2 unspecified atom stereocenters. The second kappa shape index (κ2) is 7.83. The summed E-state index contributed by atoms with van der Waals surface area (Å²) in [6, 6.07) is 6.75. The third-order valence-electron chi connectivity index (χ3n) is 4.42. The number of rotatable bonds is 6. The number of carbonyl (C=O) groups is 3. The topological polar surface area (TPSA) is 74.7 Å². The fraction of sp³-hybridized carbons (Fsp3) is 0.500. The number of aryl methyl sites for hydroxylation is 1. The average Bonchev–Trinajstić information content (AvgIpc) is 2.96. The number of amides is 1. The number of carboxylic acids is 1. The molecule has 24 heavy (non-hydrogen) atoms. The predicted octanol–water partition coefficient (Wildman–Crippen LogP) is 2.89. The zero-order valence-electron chi connectivity index (χ0n) is 14.2. The molecule has 1 amide bonds. The highest BCUT2D eigenvalue weighted by atomic mass is 32.2. The molecule has 3 atom stereocenters. The number of carboxylic acid groups (broad SMARTS) is 1. The van der Waals surface area contributed by atoms with Crippen molar-refractivity contribution in [2.45, 2.75) is 45.7 Å². The third-order valence-corrected chi connectivity index (χ3v) is 5.50. The van der Waals surface area contributed by atoms with E-state index in [4.69, 9.17) is 0 Å². The Kier molecular flexibility index (Phi) is 6.04. The van der Waals surface area contributed by atoms with Crippen molar-refractivity contribution in [1.29, 1.82) is 0 Å². The van der Waals surface area contributed by atoms with Gasteiger partial charge in [0.25, 0.3) is 0 Å². The highest BCUT2D eigenvalue weighted by Crippen LogP contribution is 2.37.